The highest BCUT2D eigenvalue weighted by Crippen LogP contribution is 2.20. The Kier molecular flexibility index (Phi) is 6.52. The molecule has 3 heteroatoms. The van der Waals surface area contributed by atoms with Gasteiger partial charge in [-0.2, -0.15) is 0 Å². The van der Waals surface area contributed by atoms with Gasteiger partial charge in [-0.15, -0.1) is 0 Å². The molecule has 1 aromatic rings. The maximum absolute atomic E-state index is 5.74. The largest absolute Gasteiger partial charge is 0.491 e. The summed E-state index contributed by atoms with van der Waals surface area (Å²) in [7, 11) is 0. The molecule has 0 aromatic heterocycles. The van der Waals surface area contributed by atoms with Crippen LogP contribution in [0.2, 0.25) is 0 Å². The van der Waals surface area contributed by atoms with E-state index >= 15 is 0 Å². The number of ether oxygens (including phenoxy) is 2. The van der Waals surface area contributed by atoms with E-state index in [1.165, 1.54) is 18.4 Å². The molecule has 1 saturated carbocycles. The summed E-state index contributed by atoms with van der Waals surface area (Å²) in [4.78, 5) is 0. The molecule has 0 radical (unpaired) electrons. The highest BCUT2D eigenvalue weighted by atomic mass is 16.5. The standard InChI is InChI=1S/C18H29NO2/c1-14(2)12-15(3)20-10-11-21-18-8-4-16(5-9-18)13-19-17-6-7-17/h4-5,8-9,14-15,17,19H,6-7,10-13H2,1-3H3. The third-order valence-corrected chi connectivity index (χ3v) is 3.65. The van der Waals surface area contributed by atoms with Gasteiger partial charge in [0, 0.05) is 12.6 Å². The first-order chi connectivity index (χ1) is 10.1. The second-order valence-corrected chi connectivity index (χ2v) is 6.46. The van der Waals surface area contributed by atoms with Gasteiger partial charge in [-0.3, -0.25) is 0 Å². The van der Waals surface area contributed by atoms with Gasteiger partial charge >= 0.3 is 0 Å². The molecule has 1 atom stereocenters. The van der Waals surface area contributed by atoms with Crippen LogP contribution >= 0.6 is 0 Å². The zero-order valence-electron chi connectivity index (χ0n) is 13.6. The molecule has 0 bridgehead atoms. The normalized spacial score (nSPS) is 16.2. The molecule has 1 unspecified atom stereocenters. The first kappa shape index (κ1) is 16.3. The summed E-state index contributed by atoms with van der Waals surface area (Å²) < 4.78 is 11.4. The first-order valence-electron chi connectivity index (χ1n) is 8.20. The average Bonchev–Trinajstić information content (AvgIpc) is 3.26. The van der Waals surface area contributed by atoms with Gasteiger partial charge in [0.15, 0.2) is 0 Å². The van der Waals surface area contributed by atoms with E-state index in [4.69, 9.17) is 9.47 Å². The molecular formula is C18H29NO2. The van der Waals surface area contributed by atoms with Gasteiger partial charge in [-0.05, 0) is 49.8 Å². The van der Waals surface area contributed by atoms with Crippen LogP contribution in [-0.2, 0) is 11.3 Å². The Balaban J connectivity index is 1.59. The van der Waals surface area contributed by atoms with E-state index in [1.807, 2.05) is 12.1 Å². The third-order valence-electron chi connectivity index (χ3n) is 3.65. The molecule has 21 heavy (non-hydrogen) atoms. The molecule has 1 aromatic carbocycles. The first-order valence-corrected chi connectivity index (χ1v) is 8.20. The van der Waals surface area contributed by atoms with Crippen LogP contribution in [0.15, 0.2) is 24.3 Å². The van der Waals surface area contributed by atoms with Crippen molar-refractivity contribution in [3.05, 3.63) is 29.8 Å². The number of nitrogens with one attached hydrogen (secondary N) is 1. The second-order valence-electron chi connectivity index (χ2n) is 6.46. The van der Waals surface area contributed by atoms with Gasteiger partial charge < -0.3 is 14.8 Å². The Morgan fingerprint density at radius 2 is 1.81 bits per heavy atom. The van der Waals surface area contributed by atoms with Crippen molar-refractivity contribution < 1.29 is 9.47 Å². The minimum Gasteiger partial charge on any atom is -0.491 e. The molecule has 0 spiro atoms. The Morgan fingerprint density at radius 1 is 1.10 bits per heavy atom. The molecule has 1 fully saturated rings. The van der Waals surface area contributed by atoms with Gasteiger partial charge in [0.05, 0.1) is 12.7 Å². The molecule has 0 amide bonds. The Labute approximate surface area is 129 Å². The summed E-state index contributed by atoms with van der Waals surface area (Å²) >= 11 is 0. The molecular weight excluding hydrogens is 262 g/mol. The molecule has 0 saturated heterocycles. The van der Waals surface area contributed by atoms with Crippen molar-refractivity contribution >= 4 is 0 Å². The van der Waals surface area contributed by atoms with Crippen molar-refractivity contribution in [3.8, 4) is 5.75 Å². The monoisotopic (exact) mass is 291 g/mol. The van der Waals surface area contributed by atoms with Crippen LogP contribution in [0.1, 0.15) is 45.6 Å². The Bertz CT molecular complexity index is 398. The minimum absolute atomic E-state index is 0.310. The predicted octanol–water partition coefficient (Wildman–Crippen LogP) is 3.77. The zero-order chi connectivity index (χ0) is 15.1. The smallest absolute Gasteiger partial charge is 0.119 e. The van der Waals surface area contributed by atoms with Crippen molar-refractivity contribution in [3.63, 3.8) is 0 Å². The maximum Gasteiger partial charge on any atom is 0.119 e. The summed E-state index contributed by atoms with van der Waals surface area (Å²) in [5.74, 6) is 1.60. The minimum atomic E-state index is 0.310. The highest BCUT2D eigenvalue weighted by Gasteiger charge is 2.19. The highest BCUT2D eigenvalue weighted by molar-refractivity contribution is 5.27. The van der Waals surface area contributed by atoms with Gasteiger partial charge in [0.1, 0.15) is 12.4 Å². The summed E-state index contributed by atoms with van der Waals surface area (Å²) in [6, 6.07) is 9.11. The third kappa shape index (κ3) is 6.96. The van der Waals surface area contributed by atoms with Gasteiger partial charge in [-0.25, -0.2) is 0 Å². The van der Waals surface area contributed by atoms with Crippen LogP contribution in [0.25, 0.3) is 0 Å². The van der Waals surface area contributed by atoms with E-state index in [-0.39, 0.29) is 0 Å². The van der Waals surface area contributed by atoms with Gasteiger partial charge in [0.2, 0.25) is 0 Å². The van der Waals surface area contributed by atoms with Crippen LogP contribution in [-0.4, -0.2) is 25.4 Å². The molecule has 1 aliphatic rings. The Morgan fingerprint density at radius 3 is 2.43 bits per heavy atom. The lowest BCUT2D eigenvalue weighted by Crippen LogP contribution is -2.16. The van der Waals surface area contributed by atoms with Crippen LogP contribution in [0.4, 0.5) is 0 Å². The van der Waals surface area contributed by atoms with Gasteiger partial charge in [-0.1, -0.05) is 26.0 Å². The Hall–Kier alpha value is -1.06. The van der Waals surface area contributed by atoms with Crippen molar-refractivity contribution in [2.45, 2.75) is 58.7 Å². The fraction of sp³-hybridized carbons (Fsp3) is 0.667. The lowest BCUT2D eigenvalue weighted by molar-refractivity contribution is 0.0331. The van der Waals surface area contributed by atoms with E-state index in [2.05, 4.69) is 38.2 Å². The number of hydrogen-bond donors (Lipinski definition) is 1. The molecule has 0 aliphatic heterocycles. The van der Waals surface area contributed by atoms with Crippen LogP contribution in [0, 0.1) is 5.92 Å². The molecule has 0 heterocycles. The molecule has 118 valence electrons. The van der Waals surface area contributed by atoms with Crippen molar-refractivity contribution in [2.75, 3.05) is 13.2 Å². The molecule has 1 aliphatic carbocycles. The van der Waals surface area contributed by atoms with Crippen molar-refractivity contribution in [1.82, 2.24) is 5.32 Å². The summed E-state index contributed by atoms with van der Waals surface area (Å²) in [6.45, 7) is 8.79. The van der Waals surface area contributed by atoms with Crippen LogP contribution in [0.5, 0.6) is 5.75 Å². The second kappa shape index (κ2) is 8.40. The predicted molar refractivity (Wildman–Crippen MR) is 86.7 cm³/mol. The number of rotatable bonds is 10. The van der Waals surface area contributed by atoms with E-state index in [1.54, 1.807) is 0 Å². The van der Waals surface area contributed by atoms with E-state index < -0.39 is 0 Å². The fourth-order valence-electron chi connectivity index (χ4n) is 2.39. The molecule has 3 nitrogen and oxygen atoms in total. The zero-order valence-corrected chi connectivity index (χ0v) is 13.6. The summed E-state index contributed by atoms with van der Waals surface area (Å²) in [5, 5.41) is 3.51. The molecule has 1 N–H and O–H groups in total. The lowest BCUT2D eigenvalue weighted by atomic mass is 10.1. The average molecular weight is 291 g/mol. The topological polar surface area (TPSA) is 30.5 Å². The molecule has 2 rings (SSSR count). The van der Waals surface area contributed by atoms with Gasteiger partial charge in [0.25, 0.3) is 0 Å². The van der Waals surface area contributed by atoms with E-state index in [0.29, 0.717) is 25.2 Å². The number of hydrogen-bond acceptors (Lipinski definition) is 3. The quantitative estimate of drug-likeness (QED) is 0.666. The van der Waals surface area contributed by atoms with Crippen molar-refractivity contribution in [1.29, 1.82) is 0 Å². The van der Waals surface area contributed by atoms with E-state index in [0.717, 1.165) is 24.8 Å². The number of benzene rings is 1. The van der Waals surface area contributed by atoms with Crippen LogP contribution < -0.4 is 10.1 Å². The fourth-order valence-corrected chi connectivity index (χ4v) is 2.39. The maximum atomic E-state index is 5.74. The SMILES string of the molecule is CC(C)CC(C)OCCOc1ccc(CNC2CC2)cc1. The van der Waals surface area contributed by atoms with Crippen molar-refractivity contribution in [2.24, 2.45) is 5.92 Å². The lowest BCUT2D eigenvalue weighted by Gasteiger charge is -2.15. The van der Waals surface area contributed by atoms with Crippen LogP contribution in [0.3, 0.4) is 0 Å². The summed E-state index contributed by atoms with van der Waals surface area (Å²) in [6.07, 6.45) is 4.07. The summed E-state index contributed by atoms with van der Waals surface area (Å²) in [5.41, 5.74) is 1.32. The van der Waals surface area contributed by atoms with E-state index in [9.17, 15) is 0 Å².